The SMILES string of the molecule is CCOc1ccc(C(=O)N[C@@H](c2cccc(C(F)(F)F)c2)c2ncn[nH]2)cc1. The van der Waals surface area contributed by atoms with Crippen LogP contribution in [0.15, 0.2) is 54.9 Å². The number of alkyl halides is 3. The van der Waals surface area contributed by atoms with E-state index in [4.69, 9.17) is 4.74 Å². The Morgan fingerprint density at radius 1 is 1.21 bits per heavy atom. The molecule has 1 heterocycles. The van der Waals surface area contributed by atoms with Gasteiger partial charge in [0, 0.05) is 5.56 Å². The molecule has 0 saturated heterocycles. The summed E-state index contributed by atoms with van der Waals surface area (Å²) in [5, 5.41) is 9.03. The number of hydrogen-bond donors (Lipinski definition) is 2. The lowest BCUT2D eigenvalue weighted by molar-refractivity contribution is -0.137. The molecule has 0 aliphatic rings. The second-order valence-corrected chi connectivity index (χ2v) is 5.86. The van der Waals surface area contributed by atoms with Gasteiger partial charge in [-0.15, -0.1) is 0 Å². The first-order valence-corrected chi connectivity index (χ1v) is 8.44. The molecule has 0 saturated carbocycles. The van der Waals surface area contributed by atoms with Crippen LogP contribution in [0.25, 0.3) is 0 Å². The maximum absolute atomic E-state index is 13.1. The van der Waals surface area contributed by atoms with E-state index in [1.807, 2.05) is 6.92 Å². The van der Waals surface area contributed by atoms with Gasteiger partial charge in [0.05, 0.1) is 12.2 Å². The highest BCUT2D eigenvalue weighted by Gasteiger charge is 2.31. The molecule has 6 nitrogen and oxygen atoms in total. The molecule has 3 aromatic rings. The number of rotatable bonds is 6. The van der Waals surface area contributed by atoms with Crippen LogP contribution in [-0.4, -0.2) is 27.7 Å². The molecule has 1 aromatic heterocycles. The van der Waals surface area contributed by atoms with Gasteiger partial charge in [-0.25, -0.2) is 4.98 Å². The van der Waals surface area contributed by atoms with Crippen molar-refractivity contribution >= 4 is 5.91 Å². The smallest absolute Gasteiger partial charge is 0.416 e. The van der Waals surface area contributed by atoms with E-state index in [0.29, 0.717) is 17.9 Å². The fraction of sp³-hybridized carbons (Fsp3) is 0.211. The summed E-state index contributed by atoms with van der Waals surface area (Å²) in [5.74, 6) is 0.365. The number of carbonyl (C=O) groups excluding carboxylic acids is 1. The standard InChI is InChI=1S/C19H17F3N4O2/c1-2-28-15-8-6-12(7-9-15)18(27)25-16(17-23-11-24-26-17)13-4-3-5-14(10-13)19(20,21)22/h3-11,16H,2H2,1H3,(H,25,27)(H,23,24,26)/t16-/m0/s1. The number of nitrogens with one attached hydrogen (secondary N) is 2. The Kier molecular flexibility index (Phi) is 5.62. The third kappa shape index (κ3) is 4.48. The first-order valence-electron chi connectivity index (χ1n) is 8.44. The lowest BCUT2D eigenvalue weighted by atomic mass is 10.0. The molecule has 3 rings (SSSR count). The zero-order valence-corrected chi connectivity index (χ0v) is 14.8. The van der Waals surface area contributed by atoms with Crippen molar-refractivity contribution in [3.63, 3.8) is 0 Å². The zero-order chi connectivity index (χ0) is 20.1. The third-order valence-corrected chi connectivity index (χ3v) is 3.96. The topological polar surface area (TPSA) is 79.9 Å². The summed E-state index contributed by atoms with van der Waals surface area (Å²) < 4.78 is 44.5. The fourth-order valence-electron chi connectivity index (χ4n) is 2.64. The molecule has 0 radical (unpaired) electrons. The average Bonchev–Trinajstić information content (AvgIpc) is 3.20. The molecule has 2 aromatic carbocycles. The predicted octanol–water partition coefficient (Wildman–Crippen LogP) is 3.74. The molecule has 146 valence electrons. The summed E-state index contributed by atoms with van der Waals surface area (Å²) in [6.45, 7) is 2.34. The molecular weight excluding hydrogens is 373 g/mol. The van der Waals surface area contributed by atoms with Crippen molar-refractivity contribution in [2.75, 3.05) is 6.61 Å². The Morgan fingerprint density at radius 3 is 2.57 bits per heavy atom. The number of aromatic nitrogens is 3. The van der Waals surface area contributed by atoms with Crippen LogP contribution in [0.4, 0.5) is 13.2 Å². The van der Waals surface area contributed by atoms with E-state index in [0.717, 1.165) is 12.1 Å². The minimum Gasteiger partial charge on any atom is -0.494 e. The highest BCUT2D eigenvalue weighted by Crippen LogP contribution is 2.31. The molecule has 0 aliphatic heterocycles. The number of aromatic amines is 1. The van der Waals surface area contributed by atoms with Crippen molar-refractivity contribution in [1.29, 1.82) is 0 Å². The van der Waals surface area contributed by atoms with Crippen molar-refractivity contribution in [3.8, 4) is 5.75 Å². The number of amides is 1. The van der Waals surface area contributed by atoms with Crippen molar-refractivity contribution in [1.82, 2.24) is 20.5 Å². The van der Waals surface area contributed by atoms with Crippen LogP contribution in [0.1, 0.15) is 40.3 Å². The Labute approximate surface area is 158 Å². The molecule has 2 N–H and O–H groups in total. The quantitative estimate of drug-likeness (QED) is 0.672. The van der Waals surface area contributed by atoms with Crippen LogP contribution in [0.2, 0.25) is 0 Å². The number of carbonyl (C=O) groups is 1. The summed E-state index contributed by atoms with van der Waals surface area (Å²) in [6, 6.07) is 10.2. The van der Waals surface area contributed by atoms with Crippen LogP contribution < -0.4 is 10.1 Å². The van der Waals surface area contributed by atoms with Crippen LogP contribution in [0, 0.1) is 0 Å². The second-order valence-electron chi connectivity index (χ2n) is 5.86. The number of H-pyrrole nitrogens is 1. The largest absolute Gasteiger partial charge is 0.494 e. The van der Waals surface area contributed by atoms with Gasteiger partial charge in [0.2, 0.25) is 0 Å². The van der Waals surface area contributed by atoms with Gasteiger partial charge in [-0.3, -0.25) is 9.89 Å². The Bertz CT molecular complexity index is 925. The maximum atomic E-state index is 13.1. The molecule has 9 heteroatoms. The van der Waals surface area contributed by atoms with E-state index in [1.165, 1.54) is 18.5 Å². The van der Waals surface area contributed by atoms with Gasteiger partial charge < -0.3 is 10.1 Å². The van der Waals surface area contributed by atoms with Crippen LogP contribution >= 0.6 is 0 Å². The van der Waals surface area contributed by atoms with E-state index < -0.39 is 23.7 Å². The van der Waals surface area contributed by atoms with Crippen molar-refractivity contribution < 1.29 is 22.7 Å². The van der Waals surface area contributed by atoms with Crippen LogP contribution in [0.3, 0.4) is 0 Å². The summed E-state index contributed by atoms with van der Waals surface area (Å²) >= 11 is 0. The fourth-order valence-corrected chi connectivity index (χ4v) is 2.64. The Balaban J connectivity index is 1.88. The van der Waals surface area contributed by atoms with Crippen molar-refractivity contribution in [2.45, 2.75) is 19.1 Å². The number of nitrogens with zero attached hydrogens (tertiary/aromatic N) is 2. The third-order valence-electron chi connectivity index (χ3n) is 3.96. The van der Waals surface area contributed by atoms with E-state index in [1.54, 1.807) is 24.3 Å². The zero-order valence-electron chi connectivity index (χ0n) is 14.8. The van der Waals surface area contributed by atoms with E-state index in [-0.39, 0.29) is 11.4 Å². The van der Waals surface area contributed by atoms with Gasteiger partial charge in [-0.1, -0.05) is 12.1 Å². The van der Waals surface area contributed by atoms with E-state index >= 15 is 0 Å². The normalized spacial score (nSPS) is 12.4. The van der Waals surface area contributed by atoms with Gasteiger partial charge in [-0.2, -0.15) is 18.3 Å². The monoisotopic (exact) mass is 390 g/mol. The van der Waals surface area contributed by atoms with Crippen LogP contribution in [-0.2, 0) is 6.18 Å². The molecule has 0 aliphatic carbocycles. The highest BCUT2D eigenvalue weighted by atomic mass is 19.4. The summed E-state index contributed by atoms with van der Waals surface area (Å²) in [4.78, 5) is 16.6. The Morgan fingerprint density at radius 2 is 1.96 bits per heavy atom. The highest BCUT2D eigenvalue weighted by molar-refractivity contribution is 5.94. The van der Waals surface area contributed by atoms with E-state index in [9.17, 15) is 18.0 Å². The Hall–Kier alpha value is -3.36. The molecule has 0 fully saturated rings. The van der Waals surface area contributed by atoms with Gasteiger partial charge in [-0.05, 0) is 48.9 Å². The van der Waals surface area contributed by atoms with Gasteiger partial charge in [0.25, 0.3) is 5.91 Å². The van der Waals surface area contributed by atoms with E-state index in [2.05, 4.69) is 20.5 Å². The molecule has 0 bridgehead atoms. The molecule has 0 spiro atoms. The summed E-state index contributed by atoms with van der Waals surface area (Å²) in [5.41, 5.74) is -0.254. The number of hydrogen-bond acceptors (Lipinski definition) is 4. The molecule has 0 unspecified atom stereocenters. The first-order chi connectivity index (χ1) is 13.4. The predicted molar refractivity (Wildman–Crippen MR) is 94.7 cm³/mol. The lowest BCUT2D eigenvalue weighted by Crippen LogP contribution is -2.30. The van der Waals surface area contributed by atoms with Crippen LogP contribution in [0.5, 0.6) is 5.75 Å². The summed E-state index contributed by atoms with van der Waals surface area (Å²) in [6.07, 6.45) is -3.28. The molecular formula is C19H17F3N4O2. The van der Waals surface area contributed by atoms with Crippen molar-refractivity contribution in [3.05, 3.63) is 77.4 Å². The molecule has 28 heavy (non-hydrogen) atoms. The van der Waals surface area contributed by atoms with Gasteiger partial charge >= 0.3 is 6.18 Å². The number of ether oxygens (including phenoxy) is 1. The molecule has 1 amide bonds. The minimum atomic E-state index is -4.50. The number of halogens is 3. The van der Waals surface area contributed by atoms with Gasteiger partial charge in [0.1, 0.15) is 18.1 Å². The maximum Gasteiger partial charge on any atom is 0.416 e. The lowest BCUT2D eigenvalue weighted by Gasteiger charge is -2.18. The minimum absolute atomic E-state index is 0.221. The molecule has 1 atom stereocenters. The van der Waals surface area contributed by atoms with Crippen molar-refractivity contribution in [2.24, 2.45) is 0 Å². The first kappa shape index (κ1) is 19.4. The summed E-state index contributed by atoms with van der Waals surface area (Å²) in [7, 11) is 0. The van der Waals surface area contributed by atoms with Gasteiger partial charge in [0.15, 0.2) is 5.82 Å². The number of benzene rings is 2. The average molecular weight is 390 g/mol. The second kappa shape index (κ2) is 8.12.